The third-order valence-corrected chi connectivity index (χ3v) is 3.96. The second-order valence-corrected chi connectivity index (χ2v) is 5.55. The van der Waals surface area contributed by atoms with Crippen molar-refractivity contribution in [3.63, 3.8) is 0 Å². The summed E-state index contributed by atoms with van der Waals surface area (Å²) in [6, 6.07) is 17.7. The van der Waals surface area contributed by atoms with Crippen molar-refractivity contribution in [1.82, 2.24) is 14.9 Å². The predicted molar refractivity (Wildman–Crippen MR) is 88.7 cm³/mol. The van der Waals surface area contributed by atoms with E-state index in [1.807, 2.05) is 43.4 Å². The van der Waals surface area contributed by atoms with E-state index < -0.39 is 0 Å². The molecular weight excluding hydrogens is 274 g/mol. The van der Waals surface area contributed by atoms with Gasteiger partial charge in [-0.3, -0.25) is 9.69 Å². The van der Waals surface area contributed by atoms with Gasteiger partial charge in [-0.2, -0.15) is 0 Å². The van der Waals surface area contributed by atoms with E-state index in [2.05, 4.69) is 33.9 Å². The van der Waals surface area contributed by atoms with Crippen LogP contribution in [0.3, 0.4) is 0 Å². The molecule has 0 aliphatic carbocycles. The molecular formula is C18H19N3O. The molecule has 3 rings (SSSR count). The van der Waals surface area contributed by atoms with Crippen LogP contribution in [0.2, 0.25) is 0 Å². The lowest BCUT2D eigenvalue weighted by molar-refractivity contribution is 0.244. The van der Waals surface area contributed by atoms with Crippen LogP contribution in [0.15, 0.2) is 59.4 Å². The molecule has 0 fully saturated rings. The first-order chi connectivity index (χ1) is 10.6. The fourth-order valence-corrected chi connectivity index (χ4v) is 2.52. The second-order valence-electron chi connectivity index (χ2n) is 5.55. The van der Waals surface area contributed by atoms with Gasteiger partial charge in [0.1, 0.15) is 5.82 Å². The topological polar surface area (TPSA) is 49.0 Å². The minimum atomic E-state index is -0.0828. The molecule has 0 spiro atoms. The third kappa shape index (κ3) is 2.92. The maximum absolute atomic E-state index is 12.2. The van der Waals surface area contributed by atoms with E-state index in [1.54, 1.807) is 6.07 Å². The van der Waals surface area contributed by atoms with Gasteiger partial charge in [-0.05, 0) is 31.7 Å². The number of nitrogens with zero attached hydrogens (tertiary/aromatic N) is 2. The Balaban J connectivity index is 1.88. The number of fused-ring (bicyclic) bond motifs is 1. The maximum Gasteiger partial charge on any atom is 0.258 e. The Morgan fingerprint density at radius 1 is 1.09 bits per heavy atom. The molecule has 0 aliphatic rings. The van der Waals surface area contributed by atoms with Crippen LogP contribution in [0.1, 0.15) is 24.4 Å². The number of benzene rings is 2. The molecule has 0 radical (unpaired) electrons. The van der Waals surface area contributed by atoms with Crippen molar-refractivity contribution in [2.75, 3.05) is 7.05 Å². The van der Waals surface area contributed by atoms with Gasteiger partial charge in [0, 0.05) is 6.54 Å². The molecule has 112 valence electrons. The van der Waals surface area contributed by atoms with Gasteiger partial charge >= 0.3 is 0 Å². The first-order valence-corrected chi connectivity index (χ1v) is 7.38. The number of hydrogen-bond donors (Lipinski definition) is 1. The summed E-state index contributed by atoms with van der Waals surface area (Å²) < 4.78 is 0. The van der Waals surface area contributed by atoms with Gasteiger partial charge in [0.15, 0.2) is 0 Å². The lowest BCUT2D eigenvalue weighted by Gasteiger charge is -2.24. The van der Waals surface area contributed by atoms with Crippen molar-refractivity contribution in [1.29, 1.82) is 0 Å². The Bertz CT molecular complexity index is 826. The zero-order valence-electron chi connectivity index (χ0n) is 12.8. The molecule has 0 aliphatic heterocycles. The summed E-state index contributed by atoms with van der Waals surface area (Å²) in [6.07, 6.45) is 0. The number of para-hydroxylation sites is 1. The fraction of sp³-hybridized carbons (Fsp3) is 0.222. The summed E-state index contributed by atoms with van der Waals surface area (Å²) in [5, 5.41) is 0.629. The lowest BCUT2D eigenvalue weighted by atomic mass is 10.2. The van der Waals surface area contributed by atoms with Crippen LogP contribution in [0.5, 0.6) is 0 Å². The van der Waals surface area contributed by atoms with E-state index in [0.29, 0.717) is 11.2 Å². The summed E-state index contributed by atoms with van der Waals surface area (Å²) in [4.78, 5) is 21.8. The van der Waals surface area contributed by atoms with Crippen molar-refractivity contribution in [2.45, 2.75) is 19.5 Å². The van der Waals surface area contributed by atoms with Crippen LogP contribution in [-0.2, 0) is 6.54 Å². The van der Waals surface area contributed by atoms with Gasteiger partial charge in [-0.25, -0.2) is 4.98 Å². The molecule has 0 amide bonds. The number of H-pyrrole nitrogens is 1. The van der Waals surface area contributed by atoms with E-state index in [1.165, 1.54) is 5.56 Å². The average Bonchev–Trinajstić information content (AvgIpc) is 2.55. The zero-order valence-corrected chi connectivity index (χ0v) is 12.8. The maximum atomic E-state index is 12.2. The molecule has 4 nitrogen and oxygen atoms in total. The molecule has 1 N–H and O–H groups in total. The number of aromatic amines is 1. The van der Waals surface area contributed by atoms with Crippen molar-refractivity contribution < 1.29 is 0 Å². The van der Waals surface area contributed by atoms with Crippen LogP contribution in [-0.4, -0.2) is 21.9 Å². The van der Waals surface area contributed by atoms with Gasteiger partial charge in [-0.15, -0.1) is 0 Å². The Morgan fingerprint density at radius 3 is 2.55 bits per heavy atom. The third-order valence-electron chi connectivity index (χ3n) is 3.96. The van der Waals surface area contributed by atoms with Crippen molar-refractivity contribution in [2.24, 2.45) is 0 Å². The highest BCUT2D eigenvalue weighted by molar-refractivity contribution is 5.77. The van der Waals surface area contributed by atoms with Gasteiger partial charge in [0.05, 0.1) is 16.9 Å². The number of hydrogen-bond acceptors (Lipinski definition) is 3. The van der Waals surface area contributed by atoms with Crippen LogP contribution in [0, 0.1) is 0 Å². The monoisotopic (exact) mass is 293 g/mol. The van der Waals surface area contributed by atoms with Crippen LogP contribution in [0.25, 0.3) is 10.9 Å². The minimum absolute atomic E-state index is 0.0255. The zero-order chi connectivity index (χ0) is 15.5. The van der Waals surface area contributed by atoms with Gasteiger partial charge < -0.3 is 4.98 Å². The van der Waals surface area contributed by atoms with E-state index in [4.69, 9.17) is 0 Å². The van der Waals surface area contributed by atoms with Crippen LogP contribution < -0.4 is 5.56 Å². The summed E-state index contributed by atoms with van der Waals surface area (Å²) in [5.74, 6) is 0.696. The summed E-state index contributed by atoms with van der Waals surface area (Å²) in [5.41, 5.74) is 1.89. The summed E-state index contributed by atoms with van der Waals surface area (Å²) in [6.45, 7) is 2.86. The van der Waals surface area contributed by atoms with Crippen LogP contribution in [0.4, 0.5) is 0 Å². The SMILES string of the molecule is C[C@@H](c1nc2ccccc2c(=O)[nH]1)N(C)Cc1ccccc1. The highest BCUT2D eigenvalue weighted by Gasteiger charge is 2.15. The summed E-state index contributed by atoms with van der Waals surface area (Å²) in [7, 11) is 2.03. The normalized spacial score (nSPS) is 12.7. The lowest BCUT2D eigenvalue weighted by Crippen LogP contribution is -2.25. The second kappa shape index (κ2) is 6.12. The molecule has 0 bridgehead atoms. The molecule has 22 heavy (non-hydrogen) atoms. The van der Waals surface area contributed by atoms with Crippen molar-refractivity contribution in [3.05, 3.63) is 76.3 Å². The Kier molecular flexibility index (Phi) is 4.02. The van der Waals surface area contributed by atoms with Gasteiger partial charge in [-0.1, -0.05) is 42.5 Å². The Labute approximate surface area is 129 Å². The highest BCUT2D eigenvalue weighted by Crippen LogP contribution is 2.18. The molecule has 3 aromatic rings. The molecule has 0 saturated heterocycles. The number of aromatic nitrogens is 2. The standard InChI is InChI=1S/C18H19N3O/c1-13(21(2)12-14-8-4-3-5-9-14)17-19-16-11-7-6-10-15(16)18(22)20-17/h3-11,13H,12H2,1-2H3,(H,19,20,22)/t13-/m0/s1. The Hall–Kier alpha value is -2.46. The van der Waals surface area contributed by atoms with Gasteiger partial charge in [0.25, 0.3) is 5.56 Å². The molecule has 0 unspecified atom stereocenters. The molecule has 1 aromatic heterocycles. The molecule has 1 atom stereocenters. The van der Waals surface area contributed by atoms with E-state index in [-0.39, 0.29) is 11.6 Å². The quantitative estimate of drug-likeness (QED) is 0.804. The number of rotatable bonds is 4. The summed E-state index contributed by atoms with van der Waals surface area (Å²) >= 11 is 0. The van der Waals surface area contributed by atoms with Crippen molar-refractivity contribution in [3.8, 4) is 0 Å². The molecule has 4 heteroatoms. The number of nitrogens with one attached hydrogen (secondary N) is 1. The first-order valence-electron chi connectivity index (χ1n) is 7.38. The van der Waals surface area contributed by atoms with E-state index in [9.17, 15) is 4.79 Å². The smallest absolute Gasteiger partial charge is 0.258 e. The average molecular weight is 293 g/mol. The fourth-order valence-electron chi connectivity index (χ4n) is 2.52. The Morgan fingerprint density at radius 2 is 1.77 bits per heavy atom. The van der Waals surface area contributed by atoms with E-state index in [0.717, 1.165) is 12.1 Å². The molecule has 2 aromatic carbocycles. The molecule has 0 saturated carbocycles. The first kappa shape index (κ1) is 14.5. The largest absolute Gasteiger partial charge is 0.309 e. The molecule has 1 heterocycles. The minimum Gasteiger partial charge on any atom is -0.309 e. The van der Waals surface area contributed by atoms with E-state index >= 15 is 0 Å². The van der Waals surface area contributed by atoms with Crippen molar-refractivity contribution >= 4 is 10.9 Å². The highest BCUT2D eigenvalue weighted by atomic mass is 16.1. The van der Waals surface area contributed by atoms with Crippen LogP contribution >= 0.6 is 0 Å². The van der Waals surface area contributed by atoms with Gasteiger partial charge in [0.2, 0.25) is 0 Å². The predicted octanol–water partition coefficient (Wildman–Crippen LogP) is 3.12.